The molecule has 5 heteroatoms. The number of carbonyl (C=O) groups excluding carboxylic acids is 1. The second-order valence-electron chi connectivity index (χ2n) is 4.04. The molecule has 1 aromatic carbocycles. The molecule has 1 aromatic rings. The van der Waals surface area contributed by atoms with Crippen LogP contribution in [-0.4, -0.2) is 24.9 Å². The number of nitrogens with zero attached hydrogens (tertiary/aromatic N) is 1. The lowest BCUT2D eigenvalue weighted by Gasteiger charge is -2.20. The van der Waals surface area contributed by atoms with Gasteiger partial charge in [0.15, 0.2) is 0 Å². The van der Waals surface area contributed by atoms with Gasteiger partial charge < -0.3 is 10.2 Å². The summed E-state index contributed by atoms with van der Waals surface area (Å²) in [6.07, 6.45) is 2.38. The first-order valence-corrected chi connectivity index (χ1v) is 6.52. The lowest BCUT2D eigenvalue weighted by molar-refractivity contribution is -0.113. The average Bonchev–Trinajstić information content (AvgIpc) is 2.85. The van der Waals surface area contributed by atoms with E-state index in [0.717, 1.165) is 29.5 Å². The Morgan fingerprint density at radius 3 is 2.71 bits per heavy atom. The molecule has 0 atom stereocenters. The van der Waals surface area contributed by atoms with E-state index in [1.807, 2.05) is 6.07 Å². The molecule has 0 radical (unpaired) electrons. The monoisotopic (exact) mass is 272 g/mol. The first kappa shape index (κ1) is 12.5. The Hall–Kier alpha value is -0.930. The third kappa shape index (κ3) is 3.05. The summed E-state index contributed by atoms with van der Waals surface area (Å²) in [6, 6.07) is 5.49. The van der Waals surface area contributed by atoms with Crippen molar-refractivity contribution in [1.29, 1.82) is 0 Å². The molecule has 1 aliphatic rings. The van der Waals surface area contributed by atoms with Gasteiger partial charge in [-0.3, -0.25) is 4.79 Å². The van der Waals surface area contributed by atoms with E-state index in [9.17, 15) is 4.79 Å². The van der Waals surface area contributed by atoms with Gasteiger partial charge in [-0.25, -0.2) is 0 Å². The molecule has 2 rings (SSSR count). The SMILES string of the molecule is O=C(CCl)Nc1ccc(Cl)c(N2CCCC2)c1. The van der Waals surface area contributed by atoms with Crippen molar-refractivity contribution in [3.8, 4) is 0 Å². The zero-order valence-corrected chi connectivity index (χ0v) is 10.9. The topological polar surface area (TPSA) is 32.3 Å². The molecule has 1 aliphatic heterocycles. The molecule has 0 aromatic heterocycles. The number of anilines is 2. The Balaban J connectivity index is 2.19. The number of benzene rings is 1. The van der Waals surface area contributed by atoms with E-state index in [0.29, 0.717) is 0 Å². The van der Waals surface area contributed by atoms with Crippen LogP contribution < -0.4 is 10.2 Å². The van der Waals surface area contributed by atoms with Crippen molar-refractivity contribution in [1.82, 2.24) is 0 Å². The van der Waals surface area contributed by atoms with Crippen LogP contribution in [0.2, 0.25) is 5.02 Å². The van der Waals surface area contributed by atoms with Gasteiger partial charge in [-0.1, -0.05) is 11.6 Å². The molecule has 3 nitrogen and oxygen atoms in total. The fourth-order valence-corrected chi connectivity index (χ4v) is 2.29. The normalized spacial score (nSPS) is 15.1. The van der Waals surface area contributed by atoms with E-state index >= 15 is 0 Å². The summed E-state index contributed by atoms with van der Waals surface area (Å²) in [5.74, 6) is -0.247. The molecule has 1 saturated heterocycles. The molecular weight excluding hydrogens is 259 g/mol. The molecule has 1 amide bonds. The van der Waals surface area contributed by atoms with Gasteiger partial charge in [0.05, 0.1) is 10.7 Å². The van der Waals surface area contributed by atoms with Crippen molar-refractivity contribution in [3.05, 3.63) is 23.2 Å². The van der Waals surface area contributed by atoms with Crippen molar-refractivity contribution >= 4 is 40.5 Å². The van der Waals surface area contributed by atoms with Crippen LogP contribution in [0.15, 0.2) is 18.2 Å². The van der Waals surface area contributed by atoms with E-state index in [2.05, 4.69) is 10.2 Å². The molecule has 0 spiro atoms. The number of hydrogen-bond acceptors (Lipinski definition) is 2. The highest BCUT2D eigenvalue weighted by Gasteiger charge is 2.15. The van der Waals surface area contributed by atoms with Gasteiger partial charge in [0.2, 0.25) is 5.91 Å². The molecule has 0 saturated carbocycles. The maximum atomic E-state index is 11.2. The average molecular weight is 273 g/mol. The fourth-order valence-electron chi connectivity index (χ4n) is 1.99. The summed E-state index contributed by atoms with van der Waals surface area (Å²) >= 11 is 11.6. The summed E-state index contributed by atoms with van der Waals surface area (Å²) in [4.78, 5) is 13.4. The van der Waals surface area contributed by atoms with Crippen molar-refractivity contribution in [2.24, 2.45) is 0 Å². The van der Waals surface area contributed by atoms with Gasteiger partial charge in [-0.05, 0) is 31.0 Å². The highest BCUT2D eigenvalue weighted by atomic mass is 35.5. The lowest BCUT2D eigenvalue weighted by atomic mass is 10.2. The quantitative estimate of drug-likeness (QED) is 0.858. The van der Waals surface area contributed by atoms with E-state index in [1.54, 1.807) is 12.1 Å². The van der Waals surface area contributed by atoms with Crippen LogP contribution in [0, 0.1) is 0 Å². The number of amides is 1. The number of hydrogen-bond donors (Lipinski definition) is 1. The van der Waals surface area contributed by atoms with Crippen LogP contribution in [0.25, 0.3) is 0 Å². The number of carbonyl (C=O) groups is 1. The molecular formula is C12H14Cl2N2O. The van der Waals surface area contributed by atoms with Crippen molar-refractivity contribution in [2.45, 2.75) is 12.8 Å². The summed E-state index contributed by atoms with van der Waals surface area (Å²) in [5, 5.41) is 3.44. The zero-order chi connectivity index (χ0) is 12.3. The molecule has 1 fully saturated rings. The van der Waals surface area contributed by atoms with Gasteiger partial charge in [0.25, 0.3) is 0 Å². The minimum atomic E-state index is -0.207. The van der Waals surface area contributed by atoms with Crippen molar-refractivity contribution < 1.29 is 4.79 Å². The molecule has 0 bridgehead atoms. The Morgan fingerprint density at radius 1 is 1.35 bits per heavy atom. The minimum absolute atomic E-state index is 0.0400. The predicted octanol–water partition coefficient (Wildman–Crippen LogP) is 3.12. The Morgan fingerprint density at radius 2 is 2.06 bits per heavy atom. The van der Waals surface area contributed by atoms with Crippen molar-refractivity contribution in [2.75, 3.05) is 29.2 Å². The second-order valence-corrected chi connectivity index (χ2v) is 4.72. The lowest BCUT2D eigenvalue weighted by Crippen LogP contribution is -2.19. The number of rotatable bonds is 3. The van der Waals surface area contributed by atoms with Crippen LogP contribution in [-0.2, 0) is 4.79 Å². The second kappa shape index (κ2) is 5.61. The smallest absolute Gasteiger partial charge is 0.239 e. The van der Waals surface area contributed by atoms with Crippen LogP contribution in [0.1, 0.15) is 12.8 Å². The van der Waals surface area contributed by atoms with Gasteiger partial charge in [-0.15, -0.1) is 11.6 Å². The molecule has 1 N–H and O–H groups in total. The van der Waals surface area contributed by atoms with Crippen LogP contribution in [0.3, 0.4) is 0 Å². The first-order chi connectivity index (χ1) is 8.20. The minimum Gasteiger partial charge on any atom is -0.370 e. The van der Waals surface area contributed by atoms with Gasteiger partial charge >= 0.3 is 0 Å². The number of alkyl halides is 1. The summed E-state index contributed by atoms with van der Waals surface area (Å²) in [7, 11) is 0. The third-order valence-electron chi connectivity index (χ3n) is 2.80. The predicted molar refractivity (Wildman–Crippen MR) is 72.2 cm³/mol. The van der Waals surface area contributed by atoms with Crippen LogP contribution in [0.4, 0.5) is 11.4 Å². The highest BCUT2D eigenvalue weighted by Crippen LogP contribution is 2.31. The largest absolute Gasteiger partial charge is 0.370 e. The summed E-state index contributed by atoms with van der Waals surface area (Å²) < 4.78 is 0. The van der Waals surface area contributed by atoms with Crippen LogP contribution >= 0.6 is 23.2 Å². The number of halogens is 2. The number of nitrogens with one attached hydrogen (secondary N) is 1. The standard InChI is InChI=1S/C12H14Cl2N2O/c13-8-12(17)15-9-3-4-10(14)11(7-9)16-5-1-2-6-16/h3-4,7H,1-2,5-6,8H2,(H,15,17). The van der Waals surface area contributed by atoms with Crippen molar-refractivity contribution in [3.63, 3.8) is 0 Å². The fraction of sp³-hybridized carbons (Fsp3) is 0.417. The first-order valence-electron chi connectivity index (χ1n) is 5.61. The molecule has 92 valence electrons. The third-order valence-corrected chi connectivity index (χ3v) is 3.36. The highest BCUT2D eigenvalue weighted by molar-refractivity contribution is 6.33. The van der Waals surface area contributed by atoms with E-state index in [4.69, 9.17) is 23.2 Å². The van der Waals surface area contributed by atoms with E-state index in [-0.39, 0.29) is 11.8 Å². The molecule has 0 unspecified atom stereocenters. The Kier molecular flexibility index (Phi) is 4.13. The van der Waals surface area contributed by atoms with Gasteiger partial charge in [0, 0.05) is 18.8 Å². The summed E-state index contributed by atoms with van der Waals surface area (Å²) in [6.45, 7) is 2.04. The maximum Gasteiger partial charge on any atom is 0.239 e. The van der Waals surface area contributed by atoms with Gasteiger partial charge in [0.1, 0.15) is 5.88 Å². The molecule has 1 heterocycles. The van der Waals surface area contributed by atoms with Gasteiger partial charge in [-0.2, -0.15) is 0 Å². The molecule has 0 aliphatic carbocycles. The maximum absolute atomic E-state index is 11.2. The van der Waals surface area contributed by atoms with E-state index < -0.39 is 0 Å². The van der Waals surface area contributed by atoms with Crippen LogP contribution in [0.5, 0.6) is 0 Å². The van der Waals surface area contributed by atoms with E-state index in [1.165, 1.54) is 12.8 Å². The molecule has 17 heavy (non-hydrogen) atoms. The Bertz CT molecular complexity index is 417. The Labute approximate surface area is 111 Å². The summed E-state index contributed by atoms with van der Waals surface area (Å²) in [5.41, 5.74) is 1.72. The zero-order valence-electron chi connectivity index (χ0n) is 9.38.